The highest BCUT2D eigenvalue weighted by Gasteiger charge is 2.26. The summed E-state index contributed by atoms with van der Waals surface area (Å²) in [5.74, 6) is 0.682. The number of rotatable bonds is 4. The second-order valence-electron chi connectivity index (χ2n) is 6.48. The number of fused-ring (bicyclic) bond motifs is 1. The highest BCUT2D eigenvalue weighted by Crippen LogP contribution is 2.32. The van der Waals surface area contributed by atoms with Gasteiger partial charge in [-0.25, -0.2) is 4.98 Å². The van der Waals surface area contributed by atoms with Gasteiger partial charge in [-0.05, 0) is 48.4 Å². The molecule has 4 rings (SSSR count). The third kappa shape index (κ3) is 3.34. The van der Waals surface area contributed by atoms with Gasteiger partial charge in [-0.15, -0.1) is 0 Å². The molecule has 1 aliphatic heterocycles. The Balaban J connectivity index is 1.56. The quantitative estimate of drug-likeness (QED) is 0.753. The second-order valence-corrected chi connectivity index (χ2v) is 6.48. The number of nitrogens with one attached hydrogen (secondary N) is 1. The third-order valence-corrected chi connectivity index (χ3v) is 4.67. The van der Waals surface area contributed by atoms with E-state index in [0.29, 0.717) is 29.4 Å². The summed E-state index contributed by atoms with van der Waals surface area (Å²) in [5.41, 5.74) is 3.26. The van der Waals surface area contributed by atoms with Crippen molar-refractivity contribution < 1.29 is 18.7 Å². The van der Waals surface area contributed by atoms with Gasteiger partial charge in [0.25, 0.3) is 11.8 Å². The van der Waals surface area contributed by atoms with E-state index in [-0.39, 0.29) is 17.5 Å². The van der Waals surface area contributed by atoms with Crippen LogP contribution in [-0.2, 0) is 6.42 Å². The first kappa shape index (κ1) is 17.8. The van der Waals surface area contributed by atoms with Gasteiger partial charge >= 0.3 is 0 Å². The minimum absolute atomic E-state index is 0.0861. The number of ether oxygens (including phenoxy) is 1. The zero-order valence-electron chi connectivity index (χ0n) is 15.6. The summed E-state index contributed by atoms with van der Waals surface area (Å²) in [4.78, 5) is 31.0. The van der Waals surface area contributed by atoms with E-state index in [4.69, 9.17) is 9.15 Å². The number of hydrogen-bond acceptors (Lipinski definition) is 5. The van der Waals surface area contributed by atoms with Crippen LogP contribution in [0.25, 0.3) is 0 Å². The molecule has 7 heteroatoms. The predicted octanol–water partition coefficient (Wildman–Crippen LogP) is 3.45. The number of oxazole rings is 1. The summed E-state index contributed by atoms with van der Waals surface area (Å²) in [7, 11) is 1.59. The molecule has 0 bridgehead atoms. The van der Waals surface area contributed by atoms with Crippen molar-refractivity contribution in [3.63, 3.8) is 0 Å². The molecule has 1 aromatic heterocycles. The number of anilines is 2. The lowest BCUT2D eigenvalue weighted by Crippen LogP contribution is -2.28. The van der Waals surface area contributed by atoms with E-state index >= 15 is 0 Å². The van der Waals surface area contributed by atoms with Crippen molar-refractivity contribution in [3.8, 4) is 5.75 Å². The van der Waals surface area contributed by atoms with E-state index in [1.54, 1.807) is 43.2 Å². The summed E-state index contributed by atoms with van der Waals surface area (Å²) < 4.78 is 10.2. The van der Waals surface area contributed by atoms with Gasteiger partial charge < -0.3 is 19.4 Å². The molecular formula is C21H19N3O4. The normalized spacial score (nSPS) is 12.6. The lowest BCUT2D eigenvalue weighted by molar-refractivity contribution is 0.0987. The van der Waals surface area contributed by atoms with E-state index in [1.807, 2.05) is 18.2 Å². The van der Waals surface area contributed by atoms with Gasteiger partial charge in [-0.2, -0.15) is 0 Å². The average molecular weight is 377 g/mol. The molecule has 2 amide bonds. The van der Waals surface area contributed by atoms with Crippen molar-refractivity contribution in [3.05, 3.63) is 71.4 Å². The summed E-state index contributed by atoms with van der Waals surface area (Å²) in [6.45, 7) is 2.27. The Bertz CT molecular complexity index is 1040. The molecule has 28 heavy (non-hydrogen) atoms. The number of carbonyl (C=O) groups excluding carboxylic acids is 2. The van der Waals surface area contributed by atoms with E-state index in [1.165, 1.54) is 6.26 Å². The molecule has 0 saturated carbocycles. The Morgan fingerprint density at radius 3 is 2.64 bits per heavy atom. The molecule has 0 spiro atoms. The maximum Gasteiger partial charge on any atom is 0.277 e. The van der Waals surface area contributed by atoms with Gasteiger partial charge in [-0.1, -0.05) is 6.07 Å². The van der Waals surface area contributed by atoms with Gasteiger partial charge in [0.05, 0.1) is 7.11 Å². The Morgan fingerprint density at radius 1 is 1.18 bits per heavy atom. The van der Waals surface area contributed by atoms with Crippen LogP contribution in [0.2, 0.25) is 0 Å². The van der Waals surface area contributed by atoms with E-state index in [2.05, 4.69) is 10.3 Å². The topological polar surface area (TPSA) is 84.7 Å². The second kappa shape index (κ2) is 7.19. The van der Waals surface area contributed by atoms with Crippen molar-refractivity contribution in [2.24, 2.45) is 0 Å². The van der Waals surface area contributed by atoms with Crippen LogP contribution in [0.3, 0.4) is 0 Å². The van der Waals surface area contributed by atoms with Crippen LogP contribution in [0, 0.1) is 6.92 Å². The molecule has 2 aromatic carbocycles. The Morgan fingerprint density at radius 2 is 1.96 bits per heavy atom. The first-order valence-electron chi connectivity index (χ1n) is 8.87. The number of nitrogens with zero attached hydrogens (tertiary/aromatic N) is 2. The van der Waals surface area contributed by atoms with Crippen molar-refractivity contribution in [2.75, 3.05) is 23.9 Å². The first-order chi connectivity index (χ1) is 13.5. The number of amides is 2. The highest BCUT2D eigenvalue weighted by molar-refractivity contribution is 6.08. The van der Waals surface area contributed by atoms with Gasteiger partial charge in [0.15, 0.2) is 11.6 Å². The molecule has 7 nitrogen and oxygen atoms in total. The molecule has 2 heterocycles. The molecule has 142 valence electrons. The summed E-state index contributed by atoms with van der Waals surface area (Å²) >= 11 is 0. The summed E-state index contributed by atoms with van der Waals surface area (Å²) in [6, 6.07) is 12.6. The zero-order valence-corrected chi connectivity index (χ0v) is 15.6. The SMILES string of the molecule is COc1ccc(C(=O)N2CCc3ccc(NC(=O)c4coc(C)n4)cc32)cc1. The molecule has 0 saturated heterocycles. The monoisotopic (exact) mass is 377 g/mol. The molecule has 0 atom stereocenters. The maximum atomic E-state index is 12.9. The van der Waals surface area contributed by atoms with Crippen molar-refractivity contribution in [1.29, 1.82) is 0 Å². The Hall–Kier alpha value is -3.61. The molecule has 0 radical (unpaired) electrons. The minimum Gasteiger partial charge on any atom is -0.497 e. The molecule has 0 fully saturated rings. The molecule has 3 aromatic rings. The van der Waals surface area contributed by atoms with E-state index in [0.717, 1.165) is 17.7 Å². The van der Waals surface area contributed by atoms with E-state index < -0.39 is 0 Å². The summed E-state index contributed by atoms with van der Waals surface area (Å²) in [6.07, 6.45) is 2.09. The Kier molecular flexibility index (Phi) is 4.57. The Labute approximate surface area is 161 Å². The fraction of sp³-hybridized carbons (Fsp3) is 0.190. The van der Waals surface area contributed by atoms with Crippen LogP contribution in [-0.4, -0.2) is 30.5 Å². The van der Waals surface area contributed by atoms with E-state index in [9.17, 15) is 9.59 Å². The lowest BCUT2D eigenvalue weighted by Gasteiger charge is -2.18. The average Bonchev–Trinajstić information content (AvgIpc) is 3.33. The van der Waals surface area contributed by atoms with Crippen LogP contribution in [0.15, 0.2) is 53.1 Å². The number of carbonyl (C=O) groups is 2. The fourth-order valence-electron chi connectivity index (χ4n) is 3.22. The highest BCUT2D eigenvalue weighted by atomic mass is 16.5. The van der Waals surface area contributed by atoms with Crippen LogP contribution in [0.5, 0.6) is 5.75 Å². The standard InChI is InChI=1S/C21H19N3O4/c1-13-22-18(12-28-13)20(25)23-16-6-3-14-9-10-24(19(14)11-16)21(26)15-4-7-17(27-2)8-5-15/h3-8,11-12H,9-10H2,1-2H3,(H,23,25). The third-order valence-electron chi connectivity index (χ3n) is 4.67. The maximum absolute atomic E-state index is 12.9. The number of methoxy groups -OCH3 is 1. The predicted molar refractivity (Wildman–Crippen MR) is 104 cm³/mol. The largest absolute Gasteiger partial charge is 0.497 e. The fourth-order valence-corrected chi connectivity index (χ4v) is 3.22. The number of aryl methyl sites for hydroxylation is 1. The van der Waals surface area contributed by atoms with Gasteiger partial charge in [0.1, 0.15) is 12.0 Å². The molecule has 0 unspecified atom stereocenters. The smallest absolute Gasteiger partial charge is 0.277 e. The minimum atomic E-state index is -0.358. The summed E-state index contributed by atoms with van der Waals surface area (Å²) in [5, 5.41) is 2.80. The van der Waals surface area contributed by atoms with Crippen molar-refractivity contribution >= 4 is 23.2 Å². The van der Waals surface area contributed by atoms with Gasteiger partial charge in [0.2, 0.25) is 0 Å². The lowest BCUT2D eigenvalue weighted by atomic mass is 10.1. The number of benzene rings is 2. The number of aromatic nitrogens is 1. The van der Waals surface area contributed by atoms with Crippen LogP contribution in [0.1, 0.15) is 32.3 Å². The van der Waals surface area contributed by atoms with Crippen LogP contribution < -0.4 is 15.0 Å². The first-order valence-corrected chi connectivity index (χ1v) is 8.87. The molecular weight excluding hydrogens is 358 g/mol. The van der Waals surface area contributed by atoms with Gasteiger partial charge in [0, 0.05) is 30.4 Å². The van der Waals surface area contributed by atoms with Crippen LogP contribution in [0.4, 0.5) is 11.4 Å². The van der Waals surface area contributed by atoms with Crippen LogP contribution >= 0.6 is 0 Å². The molecule has 0 aliphatic carbocycles. The zero-order chi connectivity index (χ0) is 19.7. The number of hydrogen-bond donors (Lipinski definition) is 1. The van der Waals surface area contributed by atoms with Gasteiger partial charge in [-0.3, -0.25) is 9.59 Å². The van der Waals surface area contributed by atoms with Crippen molar-refractivity contribution in [2.45, 2.75) is 13.3 Å². The molecule has 1 N–H and O–H groups in total. The van der Waals surface area contributed by atoms with Crippen molar-refractivity contribution in [1.82, 2.24) is 4.98 Å². The molecule has 1 aliphatic rings.